The third-order valence-electron chi connectivity index (χ3n) is 6.81. The third-order valence-corrected chi connectivity index (χ3v) is 6.81. The molecule has 1 saturated heterocycles. The summed E-state index contributed by atoms with van der Waals surface area (Å²) in [5.74, 6) is -0.522. The normalized spacial score (nSPS) is 15.2. The molecule has 11 nitrogen and oxygen atoms in total. The van der Waals surface area contributed by atoms with E-state index in [1.54, 1.807) is 56.9 Å². The number of amides is 2. The van der Waals surface area contributed by atoms with E-state index in [9.17, 15) is 24.3 Å². The molecule has 0 radical (unpaired) electrons. The molecule has 1 fully saturated rings. The molecule has 0 spiro atoms. The number of nitrogens with zero attached hydrogens (tertiary/aromatic N) is 3. The second-order valence-electron chi connectivity index (χ2n) is 10.9. The fourth-order valence-electron chi connectivity index (χ4n) is 4.84. The number of para-hydroxylation sites is 1. The van der Waals surface area contributed by atoms with E-state index in [0.29, 0.717) is 16.7 Å². The number of aromatic nitrogens is 2. The zero-order valence-electron chi connectivity index (χ0n) is 22.7. The van der Waals surface area contributed by atoms with Gasteiger partial charge in [-0.15, -0.1) is 0 Å². The highest BCUT2D eigenvalue weighted by atomic mass is 16.6. The average Bonchev–Trinajstić information content (AvgIpc) is 2.87. The second kappa shape index (κ2) is 10.9. The number of carbonyl (C=O) groups is 2. The number of benzene rings is 1. The number of nitrogens with one attached hydrogen (secondary N) is 1. The van der Waals surface area contributed by atoms with E-state index < -0.39 is 28.3 Å². The van der Waals surface area contributed by atoms with Gasteiger partial charge in [-0.3, -0.25) is 19.0 Å². The number of aromatic hydroxyl groups is 1. The molecular weight excluding hydrogens is 504 g/mol. The van der Waals surface area contributed by atoms with E-state index in [1.807, 2.05) is 0 Å². The number of hydrogen-bond donors (Lipinski definition) is 2. The minimum atomic E-state index is -1.01. The molecule has 1 aliphatic heterocycles. The molecule has 1 aromatic carbocycles. The maximum absolute atomic E-state index is 13.1. The van der Waals surface area contributed by atoms with E-state index >= 15 is 0 Å². The van der Waals surface area contributed by atoms with Gasteiger partial charge < -0.3 is 24.5 Å². The zero-order valence-corrected chi connectivity index (χ0v) is 22.7. The standard InChI is InChI=1S/C28H34N4O7/c1-18-15-21(33)23(35)24(38-18)28(9-12-31(13-10-28)26(37)39-27(2,3)4)16-22(34)29-11-14-32-17-30-20-8-6-5-7-19(20)25(32)36/h5-8,15,17,35H,9-14,16H2,1-4H3,(H,29,34). The molecule has 0 aliphatic carbocycles. The topological polar surface area (TPSA) is 144 Å². The first-order valence-electron chi connectivity index (χ1n) is 12.9. The van der Waals surface area contributed by atoms with Crippen molar-refractivity contribution >= 4 is 22.9 Å². The van der Waals surface area contributed by atoms with E-state index in [0.717, 1.165) is 0 Å². The summed E-state index contributed by atoms with van der Waals surface area (Å²) >= 11 is 0. The van der Waals surface area contributed by atoms with Gasteiger partial charge in [0.25, 0.3) is 5.56 Å². The molecule has 2 amide bonds. The van der Waals surface area contributed by atoms with E-state index in [2.05, 4.69) is 10.3 Å². The number of likely N-dealkylation sites (tertiary alicyclic amines) is 1. The molecule has 4 rings (SSSR count). The third kappa shape index (κ3) is 6.30. The molecule has 0 atom stereocenters. The molecule has 2 N–H and O–H groups in total. The Morgan fingerprint density at radius 1 is 1.18 bits per heavy atom. The lowest BCUT2D eigenvalue weighted by Gasteiger charge is -2.41. The van der Waals surface area contributed by atoms with Crippen molar-refractivity contribution in [3.8, 4) is 5.75 Å². The van der Waals surface area contributed by atoms with E-state index in [4.69, 9.17) is 9.15 Å². The molecule has 11 heteroatoms. The van der Waals surface area contributed by atoms with Gasteiger partial charge in [-0.25, -0.2) is 9.78 Å². The summed E-state index contributed by atoms with van der Waals surface area (Å²) in [6.07, 6.45) is 1.44. The second-order valence-corrected chi connectivity index (χ2v) is 10.9. The fourth-order valence-corrected chi connectivity index (χ4v) is 4.84. The summed E-state index contributed by atoms with van der Waals surface area (Å²) in [4.78, 5) is 56.7. The minimum absolute atomic E-state index is 0.0430. The summed E-state index contributed by atoms with van der Waals surface area (Å²) in [6, 6.07) is 8.23. The summed E-state index contributed by atoms with van der Waals surface area (Å²) in [7, 11) is 0. The van der Waals surface area contributed by atoms with Crippen LogP contribution in [0.5, 0.6) is 5.75 Å². The van der Waals surface area contributed by atoms with Crippen molar-refractivity contribution in [1.82, 2.24) is 19.8 Å². The lowest BCUT2D eigenvalue weighted by atomic mass is 9.73. The quantitative estimate of drug-likeness (QED) is 0.488. The molecule has 3 heterocycles. The first kappa shape index (κ1) is 27.9. The highest BCUT2D eigenvalue weighted by Crippen LogP contribution is 2.42. The summed E-state index contributed by atoms with van der Waals surface area (Å²) in [5.41, 5.74) is -1.87. The Hall–Kier alpha value is -4.15. The molecule has 208 valence electrons. The minimum Gasteiger partial charge on any atom is -0.502 e. The average molecular weight is 539 g/mol. The highest BCUT2D eigenvalue weighted by molar-refractivity contribution is 5.78. The van der Waals surface area contributed by atoms with Crippen LogP contribution in [0.4, 0.5) is 4.79 Å². The van der Waals surface area contributed by atoms with Gasteiger partial charge in [-0.05, 0) is 52.7 Å². The van der Waals surface area contributed by atoms with Crippen molar-refractivity contribution in [1.29, 1.82) is 0 Å². The summed E-state index contributed by atoms with van der Waals surface area (Å²) in [6.45, 7) is 7.83. The van der Waals surface area contributed by atoms with Gasteiger partial charge >= 0.3 is 6.09 Å². The van der Waals surface area contributed by atoms with Crippen molar-refractivity contribution in [3.05, 3.63) is 68.8 Å². The lowest BCUT2D eigenvalue weighted by molar-refractivity contribution is -0.123. The van der Waals surface area contributed by atoms with Crippen LogP contribution in [0.25, 0.3) is 10.9 Å². The Balaban J connectivity index is 1.49. The van der Waals surface area contributed by atoms with Gasteiger partial charge in [0.15, 0.2) is 5.76 Å². The van der Waals surface area contributed by atoms with Crippen LogP contribution in [0.2, 0.25) is 0 Å². The first-order valence-corrected chi connectivity index (χ1v) is 12.9. The smallest absolute Gasteiger partial charge is 0.410 e. The first-order chi connectivity index (χ1) is 18.4. The van der Waals surface area contributed by atoms with Crippen LogP contribution in [0.15, 0.2) is 50.7 Å². The molecule has 0 bridgehead atoms. The molecule has 2 aromatic heterocycles. The van der Waals surface area contributed by atoms with Gasteiger partial charge in [-0.1, -0.05) is 12.1 Å². The molecule has 0 unspecified atom stereocenters. The molecule has 0 saturated carbocycles. The van der Waals surface area contributed by atoms with Crippen molar-refractivity contribution in [3.63, 3.8) is 0 Å². The van der Waals surface area contributed by atoms with Gasteiger partial charge in [0, 0.05) is 44.1 Å². The molecule has 1 aliphatic rings. The van der Waals surface area contributed by atoms with Crippen LogP contribution < -0.4 is 16.3 Å². The van der Waals surface area contributed by atoms with Crippen LogP contribution in [0.1, 0.15) is 51.6 Å². The SMILES string of the molecule is Cc1cc(=O)c(O)c(C2(CC(=O)NCCn3cnc4ccccc4c3=O)CCN(C(=O)OC(C)(C)C)CC2)o1. The fraction of sp³-hybridized carbons (Fsp3) is 0.464. The number of fused-ring (bicyclic) bond motifs is 1. The predicted octanol–water partition coefficient (Wildman–Crippen LogP) is 2.84. The Morgan fingerprint density at radius 3 is 2.56 bits per heavy atom. The van der Waals surface area contributed by atoms with Crippen molar-refractivity contribution in [2.45, 2.75) is 64.5 Å². The van der Waals surface area contributed by atoms with Gasteiger partial charge in [0.1, 0.15) is 11.4 Å². The molecule has 39 heavy (non-hydrogen) atoms. The number of piperidine rings is 1. The largest absolute Gasteiger partial charge is 0.502 e. The highest BCUT2D eigenvalue weighted by Gasteiger charge is 2.44. The summed E-state index contributed by atoms with van der Waals surface area (Å²) < 4.78 is 12.7. The Kier molecular flexibility index (Phi) is 7.80. The monoisotopic (exact) mass is 538 g/mol. The van der Waals surface area contributed by atoms with Crippen LogP contribution in [0.3, 0.4) is 0 Å². The lowest BCUT2D eigenvalue weighted by Crippen LogP contribution is -2.48. The van der Waals surface area contributed by atoms with Gasteiger partial charge in [-0.2, -0.15) is 0 Å². The van der Waals surface area contributed by atoms with E-state index in [1.165, 1.54) is 17.0 Å². The van der Waals surface area contributed by atoms with Crippen molar-refractivity contribution in [2.75, 3.05) is 19.6 Å². The Bertz CT molecular complexity index is 1490. The van der Waals surface area contributed by atoms with E-state index in [-0.39, 0.29) is 62.7 Å². The van der Waals surface area contributed by atoms with Crippen molar-refractivity contribution < 1.29 is 23.8 Å². The predicted molar refractivity (Wildman–Crippen MR) is 144 cm³/mol. The number of carbonyl (C=O) groups excluding carboxylic acids is 2. The summed E-state index contributed by atoms with van der Waals surface area (Å²) in [5, 5.41) is 14.0. The maximum Gasteiger partial charge on any atom is 0.410 e. The maximum atomic E-state index is 13.1. The number of hydrogen-bond acceptors (Lipinski definition) is 8. The van der Waals surface area contributed by atoms with Crippen LogP contribution in [-0.2, 0) is 21.5 Å². The van der Waals surface area contributed by atoms with Crippen LogP contribution in [-0.4, -0.2) is 56.8 Å². The van der Waals surface area contributed by atoms with Gasteiger partial charge in [0.05, 0.1) is 17.2 Å². The number of ether oxygens (including phenoxy) is 1. The molecular formula is C28H34N4O7. The Labute approximate surface area is 225 Å². The van der Waals surface area contributed by atoms with Crippen LogP contribution in [0, 0.1) is 6.92 Å². The number of aryl methyl sites for hydroxylation is 1. The van der Waals surface area contributed by atoms with Crippen LogP contribution >= 0.6 is 0 Å². The number of rotatable bonds is 6. The Morgan fingerprint density at radius 2 is 1.87 bits per heavy atom. The molecule has 3 aromatic rings. The van der Waals surface area contributed by atoms with Gasteiger partial charge in [0.2, 0.25) is 17.1 Å². The zero-order chi connectivity index (χ0) is 28.4. The van der Waals surface area contributed by atoms with Crippen molar-refractivity contribution in [2.24, 2.45) is 0 Å².